The Morgan fingerprint density at radius 3 is 2.40 bits per heavy atom. The van der Waals surface area contributed by atoms with E-state index in [9.17, 15) is 19.5 Å². The molecular weight excluding hydrogens is 452 g/mol. The number of ether oxygens (including phenoxy) is 1. The van der Waals surface area contributed by atoms with Gasteiger partial charge >= 0.3 is 12.0 Å². The smallest absolute Gasteiger partial charge is 0.427 e. The lowest BCUT2D eigenvalue weighted by Gasteiger charge is -2.26. The van der Waals surface area contributed by atoms with Gasteiger partial charge in [0, 0.05) is 18.7 Å². The molecule has 154 valence electrons. The summed E-state index contributed by atoms with van der Waals surface area (Å²) in [6.07, 6.45) is 3.77. The van der Waals surface area contributed by atoms with Crippen LogP contribution in [0.4, 0.5) is 10.5 Å². The predicted molar refractivity (Wildman–Crippen MR) is 114 cm³/mol. The molecule has 0 saturated carbocycles. The number of likely N-dealkylation sites (tertiary alicyclic amines) is 1. The van der Waals surface area contributed by atoms with Gasteiger partial charge in [0.25, 0.3) is 5.91 Å². The maximum Gasteiger partial charge on any atom is 0.427 e. The molecule has 1 N–H and O–H groups in total. The molecule has 2 heterocycles. The maximum atomic E-state index is 12.7. The van der Waals surface area contributed by atoms with Gasteiger partial charge < -0.3 is 14.7 Å². The predicted octanol–water partition coefficient (Wildman–Crippen LogP) is 4.31. The largest absolute Gasteiger partial charge is 0.507 e. The molecule has 3 amide bonds. The number of imide groups is 1. The second-order valence-electron chi connectivity index (χ2n) is 7.13. The highest BCUT2D eigenvalue weighted by atomic mass is 79.9. The van der Waals surface area contributed by atoms with Crippen LogP contribution in [-0.2, 0) is 9.53 Å². The summed E-state index contributed by atoms with van der Waals surface area (Å²) in [6.45, 7) is 1.50. The van der Waals surface area contributed by atoms with E-state index < -0.39 is 12.0 Å². The number of carbonyl (C=O) groups excluding carboxylic acids is 3. The summed E-state index contributed by atoms with van der Waals surface area (Å²) in [5.41, 5.74) is 1.43. The summed E-state index contributed by atoms with van der Waals surface area (Å²) >= 11 is 3.20. The Hall–Kier alpha value is -3.13. The molecule has 7 nitrogen and oxygen atoms in total. The second-order valence-corrected chi connectivity index (χ2v) is 7.98. The van der Waals surface area contributed by atoms with Gasteiger partial charge in [-0.05, 0) is 83.2 Å². The number of benzene rings is 2. The molecule has 0 bridgehead atoms. The molecule has 2 aromatic carbocycles. The third-order valence-corrected chi connectivity index (χ3v) is 5.71. The van der Waals surface area contributed by atoms with E-state index in [0.717, 1.165) is 37.3 Å². The number of aromatic hydroxyl groups is 1. The highest BCUT2D eigenvalue weighted by Crippen LogP contribution is 2.29. The topological polar surface area (TPSA) is 87.1 Å². The third kappa shape index (κ3) is 3.95. The Morgan fingerprint density at radius 1 is 1.03 bits per heavy atom. The van der Waals surface area contributed by atoms with Gasteiger partial charge in [0.15, 0.2) is 5.76 Å². The Morgan fingerprint density at radius 2 is 1.73 bits per heavy atom. The Bertz CT molecular complexity index is 1040. The van der Waals surface area contributed by atoms with Gasteiger partial charge in [0.2, 0.25) is 0 Å². The molecule has 4 rings (SSSR count). The number of phenols is 1. The maximum absolute atomic E-state index is 12.7. The summed E-state index contributed by atoms with van der Waals surface area (Å²) in [5, 5.41) is 9.58. The lowest BCUT2D eigenvalue weighted by Crippen LogP contribution is -2.35. The summed E-state index contributed by atoms with van der Waals surface area (Å²) in [6, 6.07) is 11.0. The molecule has 0 radical (unpaired) electrons. The van der Waals surface area contributed by atoms with Crippen molar-refractivity contribution in [1.29, 1.82) is 0 Å². The highest BCUT2D eigenvalue weighted by molar-refractivity contribution is 9.10. The van der Waals surface area contributed by atoms with Crippen molar-refractivity contribution < 1.29 is 24.2 Å². The zero-order valence-electron chi connectivity index (χ0n) is 16.0. The van der Waals surface area contributed by atoms with E-state index in [2.05, 4.69) is 15.9 Å². The van der Waals surface area contributed by atoms with Gasteiger partial charge in [-0.3, -0.25) is 9.59 Å². The minimum atomic E-state index is -0.806. The minimum Gasteiger partial charge on any atom is -0.507 e. The molecule has 0 aliphatic carbocycles. The lowest BCUT2D eigenvalue weighted by atomic mass is 10.1. The number of cyclic esters (lactones) is 1. The Balaban J connectivity index is 1.53. The standard InChI is InChI=1S/C22H19BrN2O5/c23-17-12-14(4-9-18(17)26)13-19-21(28)25(22(29)30-19)16-7-5-15(6-8-16)20(27)24-10-2-1-3-11-24/h4-9,12-13,26H,1-3,10-11H2/b19-13+. The van der Waals surface area contributed by atoms with Crippen molar-refractivity contribution in [3.63, 3.8) is 0 Å². The third-order valence-electron chi connectivity index (χ3n) is 5.08. The van der Waals surface area contributed by atoms with E-state index in [1.54, 1.807) is 36.4 Å². The molecule has 2 aliphatic heterocycles. The molecule has 0 aromatic heterocycles. The molecule has 30 heavy (non-hydrogen) atoms. The number of hydrogen-bond acceptors (Lipinski definition) is 5. The zero-order valence-corrected chi connectivity index (χ0v) is 17.6. The van der Waals surface area contributed by atoms with E-state index in [1.807, 2.05) is 4.90 Å². The van der Waals surface area contributed by atoms with Crippen molar-refractivity contribution in [3.05, 3.63) is 63.8 Å². The summed E-state index contributed by atoms with van der Waals surface area (Å²) in [7, 11) is 0. The monoisotopic (exact) mass is 470 g/mol. The Kier molecular flexibility index (Phi) is 5.59. The van der Waals surface area contributed by atoms with Gasteiger partial charge in [-0.1, -0.05) is 6.07 Å². The van der Waals surface area contributed by atoms with Gasteiger partial charge in [-0.15, -0.1) is 0 Å². The van der Waals surface area contributed by atoms with Crippen molar-refractivity contribution >= 4 is 45.6 Å². The van der Waals surface area contributed by atoms with Crippen LogP contribution in [0.1, 0.15) is 35.2 Å². The molecule has 0 atom stereocenters. The number of amides is 3. The second kappa shape index (κ2) is 8.31. The SMILES string of the molecule is O=C(c1ccc(N2C(=O)O/C(=C/c3ccc(O)c(Br)c3)C2=O)cc1)N1CCCCC1. The minimum absolute atomic E-state index is 0.0462. The van der Waals surface area contributed by atoms with Crippen LogP contribution in [0.2, 0.25) is 0 Å². The molecule has 8 heteroatoms. The average Bonchev–Trinajstić information content (AvgIpc) is 3.04. The van der Waals surface area contributed by atoms with E-state index in [4.69, 9.17) is 4.74 Å². The van der Waals surface area contributed by atoms with Crippen LogP contribution in [0.15, 0.2) is 52.7 Å². The van der Waals surface area contributed by atoms with Gasteiger partial charge in [0.05, 0.1) is 10.2 Å². The number of nitrogens with zero attached hydrogens (tertiary/aromatic N) is 2. The van der Waals surface area contributed by atoms with Crippen LogP contribution in [-0.4, -0.2) is 41.0 Å². The van der Waals surface area contributed by atoms with Crippen molar-refractivity contribution in [3.8, 4) is 5.75 Å². The summed E-state index contributed by atoms with van der Waals surface area (Å²) in [4.78, 5) is 40.3. The van der Waals surface area contributed by atoms with Crippen molar-refractivity contribution in [2.45, 2.75) is 19.3 Å². The first kappa shape index (κ1) is 20.2. The van der Waals surface area contributed by atoms with Crippen LogP contribution < -0.4 is 4.90 Å². The fraction of sp³-hybridized carbons (Fsp3) is 0.227. The van der Waals surface area contributed by atoms with Crippen LogP contribution >= 0.6 is 15.9 Å². The molecule has 2 aromatic rings. The molecule has 0 unspecified atom stereocenters. The number of carbonyl (C=O) groups is 3. The fourth-order valence-corrected chi connectivity index (χ4v) is 3.88. The first-order valence-electron chi connectivity index (χ1n) is 9.60. The number of halogens is 1. The summed E-state index contributed by atoms with van der Waals surface area (Å²) < 4.78 is 5.59. The summed E-state index contributed by atoms with van der Waals surface area (Å²) in [5.74, 6) is -0.701. The average molecular weight is 471 g/mol. The highest BCUT2D eigenvalue weighted by Gasteiger charge is 2.37. The quantitative estimate of drug-likeness (QED) is 0.675. The number of anilines is 1. The fourth-order valence-electron chi connectivity index (χ4n) is 3.49. The van der Waals surface area contributed by atoms with Crippen LogP contribution in [0.3, 0.4) is 0 Å². The van der Waals surface area contributed by atoms with Crippen molar-refractivity contribution in [1.82, 2.24) is 4.90 Å². The first-order valence-corrected chi connectivity index (χ1v) is 10.4. The van der Waals surface area contributed by atoms with E-state index in [-0.39, 0.29) is 17.4 Å². The Labute approximate surface area is 181 Å². The lowest BCUT2D eigenvalue weighted by molar-refractivity contribution is -0.114. The first-order chi connectivity index (χ1) is 14.4. The number of phenolic OH excluding ortho intramolecular Hbond substituents is 1. The number of piperidine rings is 1. The molecule has 2 fully saturated rings. The van der Waals surface area contributed by atoms with Crippen LogP contribution in [0.5, 0.6) is 5.75 Å². The number of hydrogen-bond donors (Lipinski definition) is 1. The van der Waals surface area contributed by atoms with E-state index in [1.165, 1.54) is 12.1 Å². The zero-order chi connectivity index (χ0) is 21.3. The van der Waals surface area contributed by atoms with E-state index in [0.29, 0.717) is 21.3 Å². The van der Waals surface area contributed by atoms with Gasteiger partial charge in [0.1, 0.15) is 5.75 Å². The van der Waals surface area contributed by atoms with Gasteiger partial charge in [-0.25, -0.2) is 9.69 Å². The molecule has 2 aliphatic rings. The molecule has 0 spiro atoms. The van der Waals surface area contributed by atoms with Gasteiger partial charge in [-0.2, -0.15) is 0 Å². The van der Waals surface area contributed by atoms with Crippen molar-refractivity contribution in [2.75, 3.05) is 18.0 Å². The molecular formula is C22H19BrN2O5. The van der Waals surface area contributed by atoms with Crippen LogP contribution in [0.25, 0.3) is 6.08 Å². The normalized spacial score (nSPS) is 18.1. The number of rotatable bonds is 3. The molecule has 2 saturated heterocycles. The van der Waals surface area contributed by atoms with Crippen molar-refractivity contribution in [2.24, 2.45) is 0 Å². The van der Waals surface area contributed by atoms with E-state index >= 15 is 0 Å². The van der Waals surface area contributed by atoms with Crippen LogP contribution in [0, 0.1) is 0 Å².